The van der Waals surface area contributed by atoms with Crippen LogP contribution in [-0.2, 0) is 4.79 Å². The van der Waals surface area contributed by atoms with Gasteiger partial charge in [0.1, 0.15) is 0 Å². The van der Waals surface area contributed by atoms with Crippen LogP contribution in [-0.4, -0.2) is 42.2 Å². The summed E-state index contributed by atoms with van der Waals surface area (Å²) >= 11 is 1.75. The number of carboxylic acid groups (broad SMARTS) is 1. The van der Waals surface area contributed by atoms with Gasteiger partial charge in [-0.25, -0.2) is 4.79 Å². The number of carboxylic acids is 1. The molecule has 0 aromatic rings. The highest BCUT2D eigenvalue weighted by atomic mass is 32.2. The van der Waals surface area contributed by atoms with E-state index in [2.05, 4.69) is 24.5 Å². The largest absolute Gasteiger partial charge is 0.481 e. The van der Waals surface area contributed by atoms with Crippen LogP contribution in [0.25, 0.3) is 0 Å². The first kappa shape index (κ1) is 18.1. The number of carbonyl (C=O) groups is 2. The smallest absolute Gasteiger partial charge is 0.314 e. The van der Waals surface area contributed by atoms with Gasteiger partial charge in [-0.2, -0.15) is 11.8 Å². The minimum Gasteiger partial charge on any atom is -0.481 e. The third-order valence-electron chi connectivity index (χ3n) is 2.63. The zero-order valence-electron chi connectivity index (χ0n) is 12.1. The standard InChI is InChI=1S/C13H26N2O3S/c1-10(2)7-11(8-12(16)17)9-15-13(18)14-5-4-6-19-3/h10-11H,4-9H2,1-3H3,(H,16,17)(H2,14,15,18)/t11-/m0/s1. The van der Waals surface area contributed by atoms with Crippen molar-refractivity contribution in [3.05, 3.63) is 0 Å². The predicted molar refractivity (Wildman–Crippen MR) is 79.6 cm³/mol. The van der Waals surface area contributed by atoms with Crippen LogP contribution in [0.1, 0.15) is 33.1 Å². The Morgan fingerprint density at radius 1 is 1.26 bits per heavy atom. The summed E-state index contributed by atoms with van der Waals surface area (Å²) in [6.45, 7) is 5.17. The van der Waals surface area contributed by atoms with Gasteiger partial charge in [0.2, 0.25) is 0 Å². The van der Waals surface area contributed by atoms with Gasteiger partial charge < -0.3 is 15.7 Å². The average Bonchev–Trinajstić information content (AvgIpc) is 2.30. The van der Waals surface area contributed by atoms with Crippen molar-refractivity contribution in [3.63, 3.8) is 0 Å². The van der Waals surface area contributed by atoms with Crippen LogP contribution in [0.5, 0.6) is 0 Å². The van der Waals surface area contributed by atoms with E-state index in [0.717, 1.165) is 18.6 Å². The van der Waals surface area contributed by atoms with Gasteiger partial charge in [-0.3, -0.25) is 4.79 Å². The number of hydrogen-bond donors (Lipinski definition) is 3. The van der Waals surface area contributed by atoms with Crippen LogP contribution >= 0.6 is 11.8 Å². The summed E-state index contributed by atoms with van der Waals surface area (Å²) in [7, 11) is 0. The molecule has 112 valence electrons. The van der Waals surface area contributed by atoms with Crippen molar-refractivity contribution < 1.29 is 14.7 Å². The lowest BCUT2D eigenvalue weighted by atomic mass is 9.94. The summed E-state index contributed by atoms with van der Waals surface area (Å²) in [6, 6.07) is -0.208. The summed E-state index contributed by atoms with van der Waals surface area (Å²) in [4.78, 5) is 22.3. The molecule has 0 saturated carbocycles. The molecule has 0 radical (unpaired) electrons. The molecule has 2 amide bonds. The Morgan fingerprint density at radius 3 is 2.47 bits per heavy atom. The van der Waals surface area contributed by atoms with Gasteiger partial charge in [-0.15, -0.1) is 0 Å². The molecule has 1 atom stereocenters. The molecule has 0 bridgehead atoms. The molecule has 19 heavy (non-hydrogen) atoms. The van der Waals surface area contributed by atoms with Crippen LogP contribution in [0.4, 0.5) is 4.79 Å². The van der Waals surface area contributed by atoms with Gasteiger partial charge in [-0.05, 0) is 36.7 Å². The van der Waals surface area contributed by atoms with E-state index in [1.807, 2.05) is 6.26 Å². The Morgan fingerprint density at radius 2 is 1.95 bits per heavy atom. The molecule has 0 aliphatic heterocycles. The summed E-state index contributed by atoms with van der Waals surface area (Å²) in [5.41, 5.74) is 0. The third-order valence-corrected chi connectivity index (χ3v) is 3.33. The lowest BCUT2D eigenvalue weighted by molar-refractivity contribution is -0.138. The molecular formula is C13H26N2O3S. The molecule has 0 spiro atoms. The summed E-state index contributed by atoms with van der Waals surface area (Å²) in [5.74, 6) is 0.632. The number of aliphatic carboxylic acids is 1. The fourth-order valence-corrected chi connectivity index (χ4v) is 2.30. The van der Waals surface area contributed by atoms with Gasteiger partial charge >= 0.3 is 12.0 Å². The van der Waals surface area contributed by atoms with Gasteiger partial charge in [0.25, 0.3) is 0 Å². The summed E-state index contributed by atoms with van der Waals surface area (Å²) in [6.07, 6.45) is 3.88. The normalized spacial score (nSPS) is 12.2. The summed E-state index contributed by atoms with van der Waals surface area (Å²) < 4.78 is 0. The molecule has 0 saturated heterocycles. The highest BCUT2D eigenvalue weighted by Crippen LogP contribution is 2.14. The number of amides is 2. The maximum absolute atomic E-state index is 11.5. The second kappa shape index (κ2) is 11.0. The lowest BCUT2D eigenvalue weighted by Crippen LogP contribution is -2.39. The van der Waals surface area contributed by atoms with E-state index in [0.29, 0.717) is 19.0 Å². The molecule has 0 fully saturated rings. The Kier molecular flexibility index (Phi) is 10.4. The first-order chi connectivity index (χ1) is 8.95. The van der Waals surface area contributed by atoms with Crippen molar-refractivity contribution in [2.45, 2.75) is 33.1 Å². The van der Waals surface area contributed by atoms with E-state index in [4.69, 9.17) is 5.11 Å². The Bertz CT molecular complexity index is 273. The molecular weight excluding hydrogens is 264 g/mol. The first-order valence-corrected chi connectivity index (χ1v) is 8.07. The van der Waals surface area contributed by atoms with E-state index in [1.54, 1.807) is 11.8 Å². The number of carbonyl (C=O) groups excluding carboxylic acids is 1. The average molecular weight is 290 g/mol. The molecule has 0 unspecified atom stereocenters. The van der Waals surface area contributed by atoms with Crippen molar-refractivity contribution in [1.29, 1.82) is 0 Å². The zero-order chi connectivity index (χ0) is 14.7. The van der Waals surface area contributed by atoms with Crippen molar-refractivity contribution in [3.8, 4) is 0 Å². The number of nitrogens with one attached hydrogen (secondary N) is 2. The third kappa shape index (κ3) is 11.9. The van der Waals surface area contributed by atoms with Gasteiger partial charge in [0, 0.05) is 19.5 Å². The maximum atomic E-state index is 11.5. The highest BCUT2D eigenvalue weighted by Gasteiger charge is 2.15. The number of hydrogen-bond acceptors (Lipinski definition) is 3. The van der Waals surface area contributed by atoms with Crippen molar-refractivity contribution >= 4 is 23.8 Å². The Labute approximate surface area is 119 Å². The van der Waals surface area contributed by atoms with E-state index in [-0.39, 0.29) is 18.4 Å². The molecule has 0 aromatic carbocycles. The maximum Gasteiger partial charge on any atom is 0.314 e. The fourth-order valence-electron chi connectivity index (χ4n) is 1.87. The molecule has 0 aliphatic carbocycles. The SMILES string of the molecule is CSCCCNC(=O)NC[C@H](CC(=O)O)CC(C)C. The van der Waals surface area contributed by atoms with Crippen LogP contribution in [0.15, 0.2) is 0 Å². The fraction of sp³-hybridized carbons (Fsp3) is 0.846. The molecule has 0 aromatic heterocycles. The number of rotatable bonds is 10. The second-order valence-electron chi connectivity index (χ2n) is 5.08. The van der Waals surface area contributed by atoms with Gasteiger partial charge in [-0.1, -0.05) is 13.8 Å². The highest BCUT2D eigenvalue weighted by molar-refractivity contribution is 7.98. The van der Waals surface area contributed by atoms with E-state index < -0.39 is 5.97 Å². The van der Waals surface area contributed by atoms with Gasteiger partial charge in [0.05, 0.1) is 0 Å². The lowest BCUT2D eigenvalue weighted by Gasteiger charge is -2.18. The number of urea groups is 1. The van der Waals surface area contributed by atoms with E-state index in [9.17, 15) is 9.59 Å². The van der Waals surface area contributed by atoms with Crippen LogP contribution < -0.4 is 10.6 Å². The molecule has 0 heterocycles. The monoisotopic (exact) mass is 290 g/mol. The molecule has 0 rings (SSSR count). The predicted octanol–water partition coefficient (Wildman–Crippen LogP) is 2.18. The number of thioether (sulfide) groups is 1. The molecule has 5 nitrogen and oxygen atoms in total. The van der Waals surface area contributed by atoms with Crippen molar-refractivity contribution in [2.75, 3.05) is 25.1 Å². The zero-order valence-corrected chi connectivity index (χ0v) is 12.9. The van der Waals surface area contributed by atoms with Crippen molar-refractivity contribution in [1.82, 2.24) is 10.6 Å². The van der Waals surface area contributed by atoms with E-state index in [1.165, 1.54) is 0 Å². The van der Waals surface area contributed by atoms with E-state index >= 15 is 0 Å². The van der Waals surface area contributed by atoms with Crippen LogP contribution in [0, 0.1) is 11.8 Å². The van der Waals surface area contributed by atoms with Crippen LogP contribution in [0.3, 0.4) is 0 Å². The first-order valence-electron chi connectivity index (χ1n) is 6.68. The second-order valence-corrected chi connectivity index (χ2v) is 6.06. The Balaban J connectivity index is 3.88. The quantitative estimate of drug-likeness (QED) is 0.539. The molecule has 0 aliphatic rings. The molecule has 6 heteroatoms. The van der Waals surface area contributed by atoms with Gasteiger partial charge in [0.15, 0.2) is 0 Å². The minimum atomic E-state index is -0.812. The Hall–Kier alpha value is -0.910. The topological polar surface area (TPSA) is 78.4 Å². The summed E-state index contributed by atoms with van der Waals surface area (Å²) in [5, 5.41) is 14.4. The molecule has 3 N–H and O–H groups in total. The minimum absolute atomic E-state index is 0.00514. The van der Waals surface area contributed by atoms with Crippen molar-refractivity contribution in [2.24, 2.45) is 11.8 Å². The van der Waals surface area contributed by atoms with Crippen LogP contribution in [0.2, 0.25) is 0 Å².